The van der Waals surface area contributed by atoms with Crippen LogP contribution >= 0.6 is 0 Å². The van der Waals surface area contributed by atoms with Crippen molar-refractivity contribution in [3.8, 4) is 11.4 Å². The van der Waals surface area contributed by atoms with Crippen molar-refractivity contribution in [2.24, 2.45) is 7.05 Å². The van der Waals surface area contributed by atoms with Crippen LogP contribution in [-0.2, 0) is 11.8 Å². The van der Waals surface area contributed by atoms with E-state index >= 15 is 0 Å². The molecule has 1 aromatic heterocycles. The fourth-order valence-electron chi connectivity index (χ4n) is 2.39. The second-order valence-electron chi connectivity index (χ2n) is 4.83. The smallest absolute Gasteiger partial charge is 0.165 e. The minimum atomic E-state index is 0.326. The fourth-order valence-corrected chi connectivity index (χ4v) is 2.39. The highest BCUT2D eigenvalue weighted by molar-refractivity contribution is 5.73. The van der Waals surface area contributed by atoms with Gasteiger partial charge in [-0.15, -0.1) is 10.2 Å². The van der Waals surface area contributed by atoms with Crippen molar-refractivity contribution in [2.45, 2.75) is 18.9 Å². The quantitative estimate of drug-likeness (QED) is 0.912. The molecule has 1 aliphatic heterocycles. The summed E-state index contributed by atoms with van der Waals surface area (Å²) >= 11 is 0. The van der Waals surface area contributed by atoms with Crippen LogP contribution in [-0.4, -0.2) is 34.0 Å². The predicted octanol–water partition coefficient (Wildman–Crippen LogP) is 2.07. The third-order valence-electron chi connectivity index (χ3n) is 3.42. The lowest BCUT2D eigenvalue weighted by Crippen LogP contribution is -2.18. The lowest BCUT2D eigenvalue weighted by molar-refractivity contribution is 0.120. The van der Waals surface area contributed by atoms with Crippen molar-refractivity contribution in [1.29, 1.82) is 0 Å². The Morgan fingerprint density at radius 1 is 1.42 bits per heavy atom. The molecule has 1 aromatic carbocycles. The maximum absolute atomic E-state index is 5.63. The molecule has 1 aliphatic rings. The first-order valence-electron chi connectivity index (χ1n) is 6.63. The summed E-state index contributed by atoms with van der Waals surface area (Å²) in [5.41, 5.74) is 2.15. The zero-order chi connectivity index (χ0) is 13.1. The van der Waals surface area contributed by atoms with E-state index in [1.807, 2.05) is 23.7 Å². The van der Waals surface area contributed by atoms with Crippen LogP contribution in [0.1, 0.15) is 12.8 Å². The van der Waals surface area contributed by atoms with E-state index in [0.29, 0.717) is 6.10 Å². The summed E-state index contributed by atoms with van der Waals surface area (Å²) in [7, 11) is 1.95. The van der Waals surface area contributed by atoms with E-state index in [9.17, 15) is 0 Å². The number of anilines is 1. The molecule has 0 radical (unpaired) electrons. The average Bonchev–Trinajstić information content (AvgIpc) is 3.08. The molecule has 3 rings (SSSR count). The number of hydrogen-bond donors (Lipinski definition) is 1. The van der Waals surface area contributed by atoms with Gasteiger partial charge in [-0.2, -0.15) is 0 Å². The number of ether oxygens (including phenoxy) is 1. The Bertz CT molecular complexity index is 546. The van der Waals surface area contributed by atoms with Crippen molar-refractivity contribution >= 4 is 5.69 Å². The highest BCUT2D eigenvalue weighted by Gasteiger charge is 2.16. The van der Waals surface area contributed by atoms with Gasteiger partial charge in [0, 0.05) is 31.5 Å². The Morgan fingerprint density at radius 3 is 3.05 bits per heavy atom. The molecule has 1 saturated heterocycles. The van der Waals surface area contributed by atoms with Crippen LogP contribution in [0.5, 0.6) is 0 Å². The SMILES string of the molecule is Cn1cnnc1-c1ccccc1NCC1CCCO1. The maximum atomic E-state index is 5.63. The molecule has 19 heavy (non-hydrogen) atoms. The minimum absolute atomic E-state index is 0.326. The molecule has 2 aromatic rings. The summed E-state index contributed by atoms with van der Waals surface area (Å²) in [6, 6.07) is 8.17. The van der Waals surface area contributed by atoms with Gasteiger partial charge in [0.05, 0.1) is 6.10 Å². The number of para-hydroxylation sites is 1. The van der Waals surface area contributed by atoms with Gasteiger partial charge in [0.25, 0.3) is 0 Å². The van der Waals surface area contributed by atoms with Crippen LogP contribution in [0.2, 0.25) is 0 Å². The van der Waals surface area contributed by atoms with Crippen molar-refractivity contribution in [3.05, 3.63) is 30.6 Å². The summed E-state index contributed by atoms with van der Waals surface area (Å²) in [4.78, 5) is 0. The predicted molar refractivity (Wildman–Crippen MR) is 73.9 cm³/mol. The molecule has 1 N–H and O–H groups in total. The van der Waals surface area contributed by atoms with Crippen molar-refractivity contribution in [1.82, 2.24) is 14.8 Å². The molecule has 0 spiro atoms. The molecule has 5 nitrogen and oxygen atoms in total. The van der Waals surface area contributed by atoms with Gasteiger partial charge in [0.1, 0.15) is 6.33 Å². The van der Waals surface area contributed by atoms with Gasteiger partial charge in [-0.05, 0) is 25.0 Å². The number of aromatic nitrogens is 3. The highest BCUT2D eigenvalue weighted by Crippen LogP contribution is 2.26. The summed E-state index contributed by atoms with van der Waals surface area (Å²) in [6.07, 6.45) is 4.34. The van der Waals surface area contributed by atoms with Gasteiger partial charge in [-0.25, -0.2) is 0 Å². The summed E-state index contributed by atoms with van der Waals surface area (Å²) in [6.45, 7) is 1.73. The van der Waals surface area contributed by atoms with E-state index in [-0.39, 0.29) is 0 Å². The number of aryl methyl sites for hydroxylation is 1. The van der Waals surface area contributed by atoms with E-state index in [2.05, 4.69) is 27.6 Å². The lowest BCUT2D eigenvalue weighted by Gasteiger charge is -2.14. The number of rotatable bonds is 4. The molecule has 1 unspecified atom stereocenters. The fraction of sp³-hybridized carbons (Fsp3) is 0.429. The number of benzene rings is 1. The van der Waals surface area contributed by atoms with Gasteiger partial charge >= 0.3 is 0 Å². The zero-order valence-corrected chi connectivity index (χ0v) is 11.0. The third-order valence-corrected chi connectivity index (χ3v) is 3.42. The van der Waals surface area contributed by atoms with E-state index in [0.717, 1.165) is 43.1 Å². The van der Waals surface area contributed by atoms with Crippen LogP contribution in [0, 0.1) is 0 Å². The average molecular weight is 258 g/mol. The van der Waals surface area contributed by atoms with Gasteiger partial charge in [0.15, 0.2) is 5.82 Å². The van der Waals surface area contributed by atoms with Crippen molar-refractivity contribution in [3.63, 3.8) is 0 Å². The standard InChI is InChI=1S/C14H18N4O/c1-18-10-16-17-14(18)12-6-2-3-7-13(12)15-9-11-5-4-8-19-11/h2-3,6-7,10-11,15H,4-5,8-9H2,1H3. The molecular weight excluding hydrogens is 240 g/mol. The zero-order valence-electron chi connectivity index (χ0n) is 11.0. The molecule has 0 saturated carbocycles. The topological polar surface area (TPSA) is 52.0 Å². The number of hydrogen-bond acceptors (Lipinski definition) is 4. The molecule has 0 amide bonds. The summed E-state index contributed by atoms with van der Waals surface area (Å²) < 4.78 is 7.56. The van der Waals surface area contributed by atoms with Gasteiger partial charge < -0.3 is 14.6 Å². The van der Waals surface area contributed by atoms with E-state index in [1.54, 1.807) is 6.33 Å². The third kappa shape index (κ3) is 2.61. The first kappa shape index (κ1) is 12.2. The van der Waals surface area contributed by atoms with Crippen LogP contribution in [0.4, 0.5) is 5.69 Å². The summed E-state index contributed by atoms with van der Waals surface area (Å²) in [5, 5.41) is 11.6. The van der Waals surface area contributed by atoms with E-state index in [4.69, 9.17) is 4.74 Å². The molecular formula is C14H18N4O. The first-order valence-corrected chi connectivity index (χ1v) is 6.63. The van der Waals surface area contributed by atoms with Gasteiger partial charge in [-0.1, -0.05) is 12.1 Å². The van der Waals surface area contributed by atoms with Gasteiger partial charge in [0.2, 0.25) is 0 Å². The number of nitrogens with one attached hydrogen (secondary N) is 1. The first-order chi connectivity index (χ1) is 9.34. The van der Waals surface area contributed by atoms with Crippen LogP contribution < -0.4 is 5.32 Å². The molecule has 1 atom stereocenters. The van der Waals surface area contributed by atoms with E-state index in [1.165, 1.54) is 0 Å². The van der Waals surface area contributed by atoms with Crippen LogP contribution in [0.15, 0.2) is 30.6 Å². The summed E-state index contributed by atoms with van der Waals surface area (Å²) in [5.74, 6) is 0.871. The van der Waals surface area contributed by atoms with Crippen molar-refractivity contribution in [2.75, 3.05) is 18.5 Å². The Kier molecular flexibility index (Phi) is 3.46. The molecule has 100 valence electrons. The highest BCUT2D eigenvalue weighted by atomic mass is 16.5. The molecule has 1 fully saturated rings. The van der Waals surface area contributed by atoms with Crippen LogP contribution in [0.25, 0.3) is 11.4 Å². The maximum Gasteiger partial charge on any atom is 0.165 e. The normalized spacial score (nSPS) is 18.7. The van der Waals surface area contributed by atoms with Crippen molar-refractivity contribution < 1.29 is 4.74 Å². The monoisotopic (exact) mass is 258 g/mol. The largest absolute Gasteiger partial charge is 0.382 e. The van der Waals surface area contributed by atoms with Crippen LogP contribution in [0.3, 0.4) is 0 Å². The number of nitrogens with zero attached hydrogens (tertiary/aromatic N) is 3. The molecule has 0 aliphatic carbocycles. The van der Waals surface area contributed by atoms with E-state index < -0.39 is 0 Å². The Morgan fingerprint density at radius 2 is 2.32 bits per heavy atom. The molecule has 5 heteroatoms. The molecule has 2 heterocycles. The van der Waals surface area contributed by atoms with Gasteiger partial charge in [-0.3, -0.25) is 0 Å². The second kappa shape index (κ2) is 5.40. The molecule has 0 bridgehead atoms. The Hall–Kier alpha value is -1.88. The Balaban J connectivity index is 1.79. The lowest BCUT2D eigenvalue weighted by atomic mass is 10.1. The second-order valence-corrected chi connectivity index (χ2v) is 4.83. The minimum Gasteiger partial charge on any atom is -0.382 e. The Labute approximate surface area is 112 Å².